The number of halogens is 2. The number of hydrogen-bond acceptors (Lipinski definition) is 1. The second-order valence-corrected chi connectivity index (χ2v) is 4.60. The molecule has 0 aliphatic carbocycles. The fraction of sp³-hybridized carbons (Fsp3) is 0.200. The molecule has 1 nitrogen and oxygen atoms in total. The molecule has 0 aromatic heterocycles. The zero-order chi connectivity index (χ0) is 13.0. The third-order valence-corrected chi connectivity index (χ3v) is 3.33. The molecule has 94 valence electrons. The summed E-state index contributed by atoms with van der Waals surface area (Å²) >= 11 is 6.10. The molecule has 2 rings (SSSR count). The van der Waals surface area contributed by atoms with Crippen LogP contribution in [-0.4, -0.2) is 11.7 Å². The molecule has 2 aromatic carbocycles. The molecule has 2 aromatic rings. The van der Waals surface area contributed by atoms with E-state index >= 15 is 0 Å². The van der Waals surface area contributed by atoms with Crippen molar-refractivity contribution in [1.82, 2.24) is 0 Å². The van der Waals surface area contributed by atoms with E-state index in [0.29, 0.717) is 17.0 Å². The Morgan fingerprint density at radius 2 is 1.72 bits per heavy atom. The van der Waals surface area contributed by atoms with Crippen LogP contribution in [0.3, 0.4) is 0 Å². The molecule has 0 amide bonds. The highest BCUT2D eigenvalue weighted by atomic mass is 35.5. The van der Waals surface area contributed by atoms with E-state index in [1.165, 1.54) is 6.07 Å². The fourth-order valence-electron chi connectivity index (χ4n) is 2.01. The van der Waals surface area contributed by atoms with Crippen molar-refractivity contribution in [2.45, 2.75) is 12.3 Å². The Morgan fingerprint density at radius 3 is 2.39 bits per heavy atom. The zero-order valence-electron chi connectivity index (χ0n) is 9.81. The quantitative estimate of drug-likeness (QED) is 0.891. The largest absolute Gasteiger partial charge is 0.396 e. The molecule has 18 heavy (non-hydrogen) atoms. The van der Waals surface area contributed by atoms with Gasteiger partial charge >= 0.3 is 0 Å². The topological polar surface area (TPSA) is 20.2 Å². The van der Waals surface area contributed by atoms with Gasteiger partial charge in [0.05, 0.1) is 6.61 Å². The molecule has 1 unspecified atom stereocenters. The lowest BCUT2D eigenvalue weighted by Crippen LogP contribution is -2.09. The van der Waals surface area contributed by atoms with Crippen LogP contribution >= 0.6 is 11.6 Å². The molecule has 0 fully saturated rings. The van der Waals surface area contributed by atoms with Crippen molar-refractivity contribution in [3.8, 4) is 0 Å². The van der Waals surface area contributed by atoms with E-state index in [-0.39, 0.29) is 18.3 Å². The van der Waals surface area contributed by atoms with Crippen molar-refractivity contribution in [3.05, 3.63) is 70.5 Å². The zero-order valence-corrected chi connectivity index (χ0v) is 10.6. The molecule has 0 spiro atoms. The molecular formula is C15H14ClFO. The van der Waals surface area contributed by atoms with E-state index in [2.05, 4.69) is 0 Å². The van der Waals surface area contributed by atoms with Gasteiger partial charge < -0.3 is 5.11 Å². The first-order valence-corrected chi connectivity index (χ1v) is 6.19. The fourth-order valence-corrected chi connectivity index (χ4v) is 2.30. The van der Waals surface area contributed by atoms with Crippen molar-refractivity contribution in [1.29, 1.82) is 0 Å². The molecule has 1 N–H and O–H groups in total. The summed E-state index contributed by atoms with van der Waals surface area (Å²) in [4.78, 5) is 0. The molecule has 0 bridgehead atoms. The Labute approximate surface area is 111 Å². The number of aliphatic hydroxyl groups is 1. The second-order valence-electron chi connectivity index (χ2n) is 4.20. The van der Waals surface area contributed by atoms with Gasteiger partial charge in [0.1, 0.15) is 5.82 Å². The summed E-state index contributed by atoms with van der Waals surface area (Å²) in [5, 5.41) is 10.1. The van der Waals surface area contributed by atoms with Crippen LogP contribution in [-0.2, 0) is 6.42 Å². The minimum absolute atomic E-state index is 0.0575. The van der Waals surface area contributed by atoms with Crippen LogP contribution in [0.25, 0.3) is 0 Å². The highest BCUT2D eigenvalue weighted by Gasteiger charge is 2.15. The van der Waals surface area contributed by atoms with Crippen LogP contribution in [0.15, 0.2) is 48.5 Å². The van der Waals surface area contributed by atoms with Crippen molar-refractivity contribution in [2.75, 3.05) is 6.61 Å². The number of rotatable bonds is 4. The van der Waals surface area contributed by atoms with Gasteiger partial charge in [-0.2, -0.15) is 0 Å². The summed E-state index contributed by atoms with van der Waals surface area (Å²) in [7, 11) is 0. The normalized spacial score (nSPS) is 12.4. The minimum atomic E-state index is -0.247. The maximum atomic E-state index is 13.6. The second kappa shape index (κ2) is 5.98. The standard InChI is InChI=1S/C15H14ClFO/c16-14-7-3-2-6-13(14)12(10-18)9-11-5-1-4-8-15(11)17/h1-8,12,18H,9-10H2. The van der Waals surface area contributed by atoms with Gasteiger partial charge in [-0.05, 0) is 29.7 Å². The highest BCUT2D eigenvalue weighted by molar-refractivity contribution is 6.31. The van der Waals surface area contributed by atoms with Crippen LogP contribution in [0.4, 0.5) is 4.39 Å². The van der Waals surface area contributed by atoms with Gasteiger partial charge in [-0.1, -0.05) is 48.0 Å². The Kier molecular flexibility index (Phi) is 4.34. The van der Waals surface area contributed by atoms with E-state index in [4.69, 9.17) is 11.6 Å². The van der Waals surface area contributed by atoms with E-state index in [0.717, 1.165) is 5.56 Å². The molecule has 3 heteroatoms. The predicted molar refractivity (Wildman–Crippen MR) is 71.4 cm³/mol. The van der Waals surface area contributed by atoms with Gasteiger partial charge in [0.15, 0.2) is 0 Å². The van der Waals surface area contributed by atoms with Gasteiger partial charge in [-0.15, -0.1) is 0 Å². The van der Waals surface area contributed by atoms with Crippen LogP contribution in [0.2, 0.25) is 5.02 Å². The summed E-state index contributed by atoms with van der Waals surface area (Å²) in [6.45, 7) is -0.0575. The first kappa shape index (κ1) is 13.1. The van der Waals surface area contributed by atoms with Gasteiger partial charge in [0.25, 0.3) is 0 Å². The lowest BCUT2D eigenvalue weighted by atomic mass is 9.92. The van der Waals surface area contributed by atoms with Crippen molar-refractivity contribution < 1.29 is 9.50 Å². The van der Waals surface area contributed by atoms with E-state index < -0.39 is 0 Å². The van der Waals surface area contributed by atoms with Gasteiger partial charge in [0.2, 0.25) is 0 Å². The highest BCUT2D eigenvalue weighted by Crippen LogP contribution is 2.27. The smallest absolute Gasteiger partial charge is 0.126 e. The average Bonchev–Trinajstić information content (AvgIpc) is 2.39. The first-order valence-electron chi connectivity index (χ1n) is 5.81. The van der Waals surface area contributed by atoms with Gasteiger partial charge in [-0.25, -0.2) is 4.39 Å². The molecule has 0 radical (unpaired) electrons. The van der Waals surface area contributed by atoms with E-state index in [1.54, 1.807) is 24.3 Å². The molecular weight excluding hydrogens is 251 g/mol. The van der Waals surface area contributed by atoms with Gasteiger partial charge in [0, 0.05) is 10.9 Å². The molecule has 0 heterocycles. The monoisotopic (exact) mass is 264 g/mol. The van der Waals surface area contributed by atoms with Crippen LogP contribution in [0.5, 0.6) is 0 Å². The van der Waals surface area contributed by atoms with Gasteiger partial charge in [-0.3, -0.25) is 0 Å². The van der Waals surface area contributed by atoms with Crippen LogP contribution < -0.4 is 0 Å². The molecule has 0 aliphatic heterocycles. The summed E-state index contributed by atoms with van der Waals surface area (Å²) in [5.41, 5.74) is 1.45. The lowest BCUT2D eigenvalue weighted by molar-refractivity contribution is 0.264. The molecule has 0 saturated carbocycles. The number of benzene rings is 2. The number of hydrogen-bond donors (Lipinski definition) is 1. The summed E-state index contributed by atoms with van der Waals surface area (Å²) in [5.74, 6) is -0.432. The third-order valence-electron chi connectivity index (χ3n) is 2.99. The average molecular weight is 265 g/mol. The molecule has 1 atom stereocenters. The summed E-state index contributed by atoms with van der Waals surface area (Å²) < 4.78 is 13.6. The van der Waals surface area contributed by atoms with Crippen molar-refractivity contribution in [3.63, 3.8) is 0 Å². The Hall–Kier alpha value is -1.38. The maximum absolute atomic E-state index is 13.6. The van der Waals surface area contributed by atoms with Crippen LogP contribution in [0.1, 0.15) is 17.0 Å². The van der Waals surface area contributed by atoms with Crippen molar-refractivity contribution in [2.24, 2.45) is 0 Å². The SMILES string of the molecule is OCC(Cc1ccccc1F)c1ccccc1Cl. The predicted octanol–water partition coefficient (Wildman–Crippen LogP) is 3.80. The van der Waals surface area contributed by atoms with E-state index in [9.17, 15) is 9.50 Å². The summed E-state index contributed by atoms with van der Waals surface area (Å²) in [6.07, 6.45) is 0.437. The van der Waals surface area contributed by atoms with E-state index in [1.807, 2.05) is 18.2 Å². The molecule has 0 aliphatic rings. The third kappa shape index (κ3) is 2.89. The Balaban J connectivity index is 2.26. The number of aliphatic hydroxyl groups excluding tert-OH is 1. The Bertz CT molecular complexity index is 527. The lowest BCUT2D eigenvalue weighted by Gasteiger charge is -2.16. The van der Waals surface area contributed by atoms with Crippen LogP contribution in [0, 0.1) is 5.82 Å². The first-order chi connectivity index (χ1) is 8.72. The Morgan fingerprint density at radius 1 is 1.06 bits per heavy atom. The molecule has 0 saturated heterocycles. The van der Waals surface area contributed by atoms with Crippen molar-refractivity contribution >= 4 is 11.6 Å². The minimum Gasteiger partial charge on any atom is -0.396 e. The summed E-state index contributed by atoms with van der Waals surface area (Å²) in [6, 6.07) is 14.0. The maximum Gasteiger partial charge on any atom is 0.126 e.